The van der Waals surface area contributed by atoms with Gasteiger partial charge in [-0.2, -0.15) is 0 Å². The van der Waals surface area contributed by atoms with E-state index in [9.17, 15) is 0 Å². The maximum atomic E-state index is 2.50. The van der Waals surface area contributed by atoms with Crippen LogP contribution >= 0.6 is 0 Å². The number of hydrogen-bond acceptors (Lipinski definition) is 0. The average molecular weight is 180 g/mol. The van der Waals surface area contributed by atoms with E-state index in [1.54, 1.807) is 5.57 Å². The Bertz CT molecular complexity index is 155. The van der Waals surface area contributed by atoms with E-state index in [2.05, 4.69) is 19.9 Å². The van der Waals surface area contributed by atoms with Gasteiger partial charge in [-0.25, -0.2) is 0 Å². The normalized spacial score (nSPS) is 19.7. The average Bonchev–Trinajstić information content (AvgIpc) is 2.19. The van der Waals surface area contributed by atoms with E-state index in [1.807, 2.05) is 0 Å². The molecule has 0 bridgehead atoms. The van der Waals surface area contributed by atoms with Gasteiger partial charge >= 0.3 is 0 Å². The van der Waals surface area contributed by atoms with Gasteiger partial charge in [0, 0.05) is 0 Å². The fraction of sp³-hybridized carbons (Fsp3) is 0.846. The second-order valence-electron chi connectivity index (χ2n) is 4.38. The Labute approximate surface area is 83.4 Å². The van der Waals surface area contributed by atoms with Gasteiger partial charge in [0.05, 0.1) is 0 Å². The van der Waals surface area contributed by atoms with Crippen LogP contribution < -0.4 is 0 Å². The third-order valence-corrected chi connectivity index (χ3v) is 3.21. The number of hydrogen-bond donors (Lipinski definition) is 0. The lowest BCUT2D eigenvalue weighted by Gasteiger charge is -2.18. The highest BCUT2D eigenvalue weighted by atomic mass is 14.2. The zero-order chi connectivity index (χ0) is 9.52. The summed E-state index contributed by atoms with van der Waals surface area (Å²) < 4.78 is 0. The zero-order valence-corrected chi connectivity index (χ0v) is 9.31. The van der Waals surface area contributed by atoms with Gasteiger partial charge in [-0.1, -0.05) is 44.8 Å². The molecule has 0 aliphatic heterocycles. The van der Waals surface area contributed by atoms with Gasteiger partial charge in [-0.3, -0.25) is 0 Å². The molecule has 76 valence electrons. The Morgan fingerprint density at radius 2 is 2.15 bits per heavy atom. The first-order valence-electron chi connectivity index (χ1n) is 6.04. The summed E-state index contributed by atoms with van der Waals surface area (Å²) in [5.74, 6) is 0.967. The van der Waals surface area contributed by atoms with Crippen LogP contribution in [0.1, 0.15) is 65.2 Å². The quantitative estimate of drug-likeness (QED) is 0.538. The maximum Gasteiger partial charge on any atom is -0.0292 e. The minimum Gasteiger partial charge on any atom is -0.0853 e. The van der Waals surface area contributed by atoms with E-state index in [0.29, 0.717) is 0 Å². The monoisotopic (exact) mass is 180 g/mol. The summed E-state index contributed by atoms with van der Waals surface area (Å²) in [4.78, 5) is 0. The predicted molar refractivity (Wildman–Crippen MR) is 59.9 cm³/mol. The molecule has 13 heavy (non-hydrogen) atoms. The largest absolute Gasteiger partial charge is 0.0853 e. The lowest BCUT2D eigenvalue weighted by Crippen LogP contribution is -2.02. The number of allylic oxidation sites excluding steroid dienone is 2. The third-order valence-electron chi connectivity index (χ3n) is 3.21. The molecule has 0 spiro atoms. The van der Waals surface area contributed by atoms with E-state index >= 15 is 0 Å². The van der Waals surface area contributed by atoms with Crippen LogP contribution in [0.4, 0.5) is 0 Å². The highest BCUT2D eigenvalue weighted by Crippen LogP contribution is 2.27. The second kappa shape index (κ2) is 6.23. The van der Waals surface area contributed by atoms with E-state index in [4.69, 9.17) is 0 Å². The fourth-order valence-electron chi connectivity index (χ4n) is 2.32. The van der Waals surface area contributed by atoms with Crippen molar-refractivity contribution in [2.24, 2.45) is 5.92 Å². The minimum absolute atomic E-state index is 0.967. The van der Waals surface area contributed by atoms with Gasteiger partial charge in [-0.15, -0.1) is 0 Å². The van der Waals surface area contributed by atoms with Crippen molar-refractivity contribution in [3.63, 3.8) is 0 Å². The van der Waals surface area contributed by atoms with Gasteiger partial charge in [-0.05, 0) is 38.0 Å². The molecule has 0 heterocycles. The molecular formula is C13H24. The molecule has 0 amide bonds. The third kappa shape index (κ3) is 3.97. The van der Waals surface area contributed by atoms with Crippen LogP contribution in [0, 0.1) is 5.92 Å². The molecule has 0 aromatic heterocycles. The Morgan fingerprint density at radius 3 is 2.69 bits per heavy atom. The summed E-state index contributed by atoms with van der Waals surface area (Å²) in [6.07, 6.45) is 13.6. The van der Waals surface area contributed by atoms with Gasteiger partial charge in [0.1, 0.15) is 0 Å². The van der Waals surface area contributed by atoms with Crippen LogP contribution in [0.25, 0.3) is 0 Å². The molecule has 0 radical (unpaired) electrons. The SMILES string of the molecule is CCCC(CC)CC1=CCCCC1. The van der Waals surface area contributed by atoms with Crippen LogP contribution in [-0.4, -0.2) is 0 Å². The molecule has 0 nitrogen and oxygen atoms in total. The molecular weight excluding hydrogens is 156 g/mol. The van der Waals surface area contributed by atoms with Crippen molar-refractivity contribution < 1.29 is 0 Å². The van der Waals surface area contributed by atoms with Crippen LogP contribution in [0.5, 0.6) is 0 Å². The van der Waals surface area contributed by atoms with Crippen molar-refractivity contribution in [2.75, 3.05) is 0 Å². The lowest BCUT2D eigenvalue weighted by molar-refractivity contribution is 0.449. The van der Waals surface area contributed by atoms with Crippen molar-refractivity contribution in [3.8, 4) is 0 Å². The van der Waals surface area contributed by atoms with Crippen LogP contribution in [-0.2, 0) is 0 Å². The van der Waals surface area contributed by atoms with Crippen molar-refractivity contribution in [1.82, 2.24) is 0 Å². The molecule has 0 N–H and O–H groups in total. The van der Waals surface area contributed by atoms with Gasteiger partial charge in [0.15, 0.2) is 0 Å². The first kappa shape index (κ1) is 10.8. The molecule has 0 aromatic rings. The minimum atomic E-state index is 0.967. The van der Waals surface area contributed by atoms with Crippen molar-refractivity contribution in [1.29, 1.82) is 0 Å². The summed E-state index contributed by atoms with van der Waals surface area (Å²) in [6.45, 7) is 4.64. The van der Waals surface area contributed by atoms with Crippen molar-refractivity contribution in [3.05, 3.63) is 11.6 Å². The summed E-state index contributed by atoms with van der Waals surface area (Å²) >= 11 is 0. The lowest BCUT2D eigenvalue weighted by atomic mass is 9.88. The second-order valence-corrected chi connectivity index (χ2v) is 4.38. The van der Waals surface area contributed by atoms with E-state index < -0.39 is 0 Å². The Morgan fingerprint density at radius 1 is 1.31 bits per heavy atom. The molecule has 1 rings (SSSR count). The highest BCUT2D eigenvalue weighted by Gasteiger charge is 2.10. The molecule has 0 saturated carbocycles. The Hall–Kier alpha value is -0.260. The summed E-state index contributed by atoms with van der Waals surface area (Å²) in [6, 6.07) is 0. The van der Waals surface area contributed by atoms with Crippen LogP contribution in [0.15, 0.2) is 11.6 Å². The highest BCUT2D eigenvalue weighted by molar-refractivity contribution is 5.05. The van der Waals surface area contributed by atoms with Crippen molar-refractivity contribution in [2.45, 2.75) is 65.2 Å². The van der Waals surface area contributed by atoms with Crippen molar-refractivity contribution >= 4 is 0 Å². The predicted octanol–water partition coefficient (Wildman–Crippen LogP) is 4.70. The first-order valence-corrected chi connectivity index (χ1v) is 6.04. The summed E-state index contributed by atoms with van der Waals surface area (Å²) in [7, 11) is 0. The molecule has 1 unspecified atom stereocenters. The van der Waals surface area contributed by atoms with E-state index in [1.165, 1.54) is 51.4 Å². The smallest absolute Gasteiger partial charge is 0.0292 e. The van der Waals surface area contributed by atoms with Gasteiger partial charge < -0.3 is 0 Å². The van der Waals surface area contributed by atoms with Gasteiger partial charge in [0.25, 0.3) is 0 Å². The van der Waals surface area contributed by atoms with Crippen LogP contribution in [0.2, 0.25) is 0 Å². The topological polar surface area (TPSA) is 0 Å². The zero-order valence-electron chi connectivity index (χ0n) is 9.31. The standard InChI is InChI=1S/C13H24/c1-3-8-12(4-2)11-13-9-6-5-7-10-13/h9,12H,3-8,10-11H2,1-2H3. The molecule has 1 atom stereocenters. The summed E-state index contributed by atoms with van der Waals surface area (Å²) in [5, 5.41) is 0. The summed E-state index contributed by atoms with van der Waals surface area (Å²) in [5.41, 5.74) is 1.76. The van der Waals surface area contributed by atoms with Crippen LogP contribution in [0.3, 0.4) is 0 Å². The molecule has 0 fully saturated rings. The fourth-order valence-corrected chi connectivity index (χ4v) is 2.32. The first-order chi connectivity index (χ1) is 6.36. The molecule has 0 heteroatoms. The van der Waals surface area contributed by atoms with E-state index in [-0.39, 0.29) is 0 Å². The molecule has 1 aliphatic rings. The molecule has 0 saturated heterocycles. The van der Waals surface area contributed by atoms with E-state index in [0.717, 1.165) is 5.92 Å². The molecule has 1 aliphatic carbocycles. The Balaban J connectivity index is 2.31. The molecule has 0 aromatic carbocycles. The number of rotatable bonds is 5. The van der Waals surface area contributed by atoms with Gasteiger partial charge in [0.2, 0.25) is 0 Å². The maximum absolute atomic E-state index is 2.50. The Kier molecular flexibility index (Phi) is 5.19.